The summed E-state index contributed by atoms with van der Waals surface area (Å²) in [7, 11) is 0. The predicted molar refractivity (Wildman–Crippen MR) is 141 cm³/mol. The van der Waals surface area contributed by atoms with Crippen molar-refractivity contribution >= 4 is 12.2 Å². The molecule has 2 aromatic rings. The maximum Gasteiger partial charge on any atom is 0.153 e. The Morgan fingerprint density at radius 3 is 2.39 bits per heavy atom. The average Bonchev–Trinajstić information content (AvgIpc) is 2.88. The summed E-state index contributed by atoms with van der Waals surface area (Å²) in [6.07, 6.45) is 6.99. The van der Waals surface area contributed by atoms with E-state index in [9.17, 15) is 14.0 Å². The molecule has 1 heterocycles. The van der Waals surface area contributed by atoms with Crippen molar-refractivity contribution in [2.75, 3.05) is 13.3 Å². The van der Waals surface area contributed by atoms with E-state index in [0.717, 1.165) is 55.9 Å². The Labute approximate surface area is 214 Å². The van der Waals surface area contributed by atoms with E-state index in [2.05, 4.69) is 37.7 Å². The lowest BCUT2D eigenvalue weighted by Gasteiger charge is -2.45. The number of nitrogens with zero attached hydrogens (tertiary/aromatic N) is 2. The zero-order valence-corrected chi connectivity index (χ0v) is 22.1. The number of unbranched alkanes of at least 4 members (excludes halogenated alkanes) is 2. The fourth-order valence-electron chi connectivity index (χ4n) is 4.85. The summed E-state index contributed by atoms with van der Waals surface area (Å²) in [5, 5.41) is 0. The SMILES string of the molecule is CCCCc1cc(C=O)c(OCN2C[C@H](C)N(Cc3ccc(F)cc3)C(=C=O)[C@H]2C)c(CCCC)c1. The maximum atomic E-state index is 13.3. The lowest BCUT2D eigenvalue weighted by Crippen LogP contribution is -2.55. The Morgan fingerprint density at radius 2 is 1.75 bits per heavy atom. The van der Waals surface area contributed by atoms with E-state index in [-0.39, 0.29) is 24.6 Å². The zero-order valence-electron chi connectivity index (χ0n) is 22.1. The van der Waals surface area contributed by atoms with Crippen molar-refractivity contribution in [3.8, 4) is 5.75 Å². The minimum Gasteiger partial charge on any atom is -0.477 e. The van der Waals surface area contributed by atoms with Crippen LogP contribution in [0.1, 0.15) is 80.4 Å². The van der Waals surface area contributed by atoms with Crippen LogP contribution in [0.2, 0.25) is 0 Å². The monoisotopic (exact) mass is 494 g/mol. The Bertz CT molecular complexity index is 1060. The Balaban J connectivity index is 1.78. The standard InChI is InChI=1S/C30H39FN2O3/c1-5-7-9-25-15-26(10-8-6-2)30(27(16-25)19-34)36-21-32-17-22(3)33(29(20-35)23(32)4)18-24-11-13-28(31)14-12-24/h11-16,19,22-23H,5-10,17-18,21H2,1-4H3/t22-,23+/m0/s1. The van der Waals surface area contributed by atoms with E-state index in [4.69, 9.17) is 4.74 Å². The molecule has 5 nitrogen and oxygen atoms in total. The highest BCUT2D eigenvalue weighted by molar-refractivity contribution is 5.80. The number of carbonyl (C=O) groups excluding carboxylic acids is 2. The highest BCUT2D eigenvalue weighted by Gasteiger charge is 2.34. The van der Waals surface area contributed by atoms with Gasteiger partial charge in [0.05, 0.1) is 11.6 Å². The number of ether oxygens (including phenoxy) is 1. The molecular weight excluding hydrogens is 455 g/mol. The van der Waals surface area contributed by atoms with Gasteiger partial charge in [0.15, 0.2) is 6.29 Å². The van der Waals surface area contributed by atoms with Crippen LogP contribution in [0.25, 0.3) is 0 Å². The van der Waals surface area contributed by atoms with Gasteiger partial charge in [0.2, 0.25) is 0 Å². The summed E-state index contributed by atoms with van der Waals surface area (Å²) >= 11 is 0. The number of aldehydes is 1. The van der Waals surface area contributed by atoms with E-state index in [1.165, 1.54) is 17.7 Å². The first-order valence-electron chi connectivity index (χ1n) is 13.2. The molecule has 0 aliphatic carbocycles. The predicted octanol–water partition coefficient (Wildman–Crippen LogP) is 5.97. The smallest absolute Gasteiger partial charge is 0.153 e. The van der Waals surface area contributed by atoms with Crippen LogP contribution in [0, 0.1) is 5.82 Å². The van der Waals surface area contributed by atoms with Crippen LogP contribution >= 0.6 is 0 Å². The fraction of sp³-hybridized carbons (Fsp3) is 0.500. The van der Waals surface area contributed by atoms with Crippen molar-refractivity contribution in [1.82, 2.24) is 9.80 Å². The van der Waals surface area contributed by atoms with Crippen LogP contribution in [0.4, 0.5) is 4.39 Å². The van der Waals surface area contributed by atoms with Gasteiger partial charge in [-0.25, -0.2) is 9.18 Å². The van der Waals surface area contributed by atoms with Gasteiger partial charge in [0.25, 0.3) is 0 Å². The molecule has 0 bridgehead atoms. The lowest BCUT2D eigenvalue weighted by atomic mass is 9.97. The van der Waals surface area contributed by atoms with Gasteiger partial charge in [-0.05, 0) is 74.4 Å². The van der Waals surface area contributed by atoms with Crippen molar-refractivity contribution in [3.05, 3.63) is 70.2 Å². The number of carbonyl (C=O) groups is 1. The molecule has 0 radical (unpaired) electrons. The van der Waals surface area contributed by atoms with E-state index in [1.807, 2.05) is 17.9 Å². The number of rotatable bonds is 12. The Hall–Kier alpha value is -2.95. The molecule has 36 heavy (non-hydrogen) atoms. The molecule has 1 fully saturated rings. The number of benzene rings is 2. The number of aryl methyl sites for hydroxylation is 2. The average molecular weight is 495 g/mol. The first-order chi connectivity index (χ1) is 17.4. The van der Waals surface area contributed by atoms with Gasteiger partial charge < -0.3 is 9.64 Å². The summed E-state index contributed by atoms with van der Waals surface area (Å²) in [6, 6.07) is 10.3. The van der Waals surface area contributed by atoms with Gasteiger partial charge in [0, 0.05) is 19.1 Å². The molecule has 3 rings (SSSR count). The van der Waals surface area contributed by atoms with Gasteiger partial charge in [-0.1, -0.05) is 44.9 Å². The van der Waals surface area contributed by atoms with Gasteiger partial charge in [0.1, 0.15) is 29.9 Å². The molecule has 0 spiro atoms. The lowest BCUT2D eigenvalue weighted by molar-refractivity contribution is 0.0280. The molecule has 0 N–H and O–H groups in total. The Kier molecular flexibility index (Phi) is 10.3. The van der Waals surface area contributed by atoms with Crippen LogP contribution in [-0.2, 0) is 24.2 Å². The quantitative estimate of drug-likeness (QED) is 0.269. The van der Waals surface area contributed by atoms with Crippen LogP contribution in [-0.4, -0.2) is 47.4 Å². The number of halogens is 1. The Morgan fingerprint density at radius 1 is 1.06 bits per heavy atom. The molecule has 0 unspecified atom stereocenters. The van der Waals surface area contributed by atoms with Crippen molar-refractivity contribution in [1.29, 1.82) is 0 Å². The van der Waals surface area contributed by atoms with Crippen LogP contribution in [0.15, 0.2) is 42.1 Å². The summed E-state index contributed by atoms with van der Waals surface area (Å²) in [5.74, 6) is 2.53. The van der Waals surface area contributed by atoms with E-state index < -0.39 is 0 Å². The zero-order chi connectivity index (χ0) is 26.1. The number of hydrogen-bond donors (Lipinski definition) is 0. The first-order valence-corrected chi connectivity index (χ1v) is 13.2. The molecule has 1 aliphatic rings. The van der Waals surface area contributed by atoms with Gasteiger partial charge in [-0.2, -0.15) is 0 Å². The highest BCUT2D eigenvalue weighted by Crippen LogP contribution is 2.30. The van der Waals surface area contributed by atoms with Crippen LogP contribution in [0.3, 0.4) is 0 Å². The van der Waals surface area contributed by atoms with Crippen LogP contribution in [0.5, 0.6) is 5.75 Å². The minimum atomic E-state index is -0.278. The van der Waals surface area contributed by atoms with Gasteiger partial charge in [-0.3, -0.25) is 9.69 Å². The molecule has 1 saturated heterocycles. The van der Waals surface area contributed by atoms with E-state index in [0.29, 0.717) is 30.1 Å². The summed E-state index contributed by atoms with van der Waals surface area (Å²) in [6.45, 7) is 9.83. The number of hydrogen-bond acceptors (Lipinski definition) is 5. The van der Waals surface area contributed by atoms with E-state index >= 15 is 0 Å². The molecule has 0 amide bonds. The van der Waals surface area contributed by atoms with Crippen molar-refractivity contribution in [2.45, 2.75) is 84.8 Å². The highest BCUT2D eigenvalue weighted by atomic mass is 19.1. The normalized spacial score (nSPS) is 18.2. The minimum absolute atomic E-state index is 0.0350. The fourth-order valence-corrected chi connectivity index (χ4v) is 4.85. The van der Waals surface area contributed by atoms with Gasteiger partial charge >= 0.3 is 0 Å². The molecule has 2 aromatic carbocycles. The van der Waals surface area contributed by atoms with Crippen molar-refractivity contribution < 1.29 is 18.7 Å². The van der Waals surface area contributed by atoms with Crippen LogP contribution < -0.4 is 4.74 Å². The molecule has 0 saturated carbocycles. The molecule has 194 valence electrons. The molecule has 6 heteroatoms. The van der Waals surface area contributed by atoms with Crippen molar-refractivity contribution in [2.24, 2.45) is 0 Å². The second-order valence-electron chi connectivity index (χ2n) is 9.81. The van der Waals surface area contributed by atoms with Gasteiger partial charge in [-0.15, -0.1) is 0 Å². The van der Waals surface area contributed by atoms with Crippen molar-refractivity contribution in [3.63, 3.8) is 0 Å². The largest absolute Gasteiger partial charge is 0.477 e. The summed E-state index contributed by atoms with van der Waals surface area (Å²) < 4.78 is 19.7. The first kappa shape index (κ1) is 27.6. The summed E-state index contributed by atoms with van der Waals surface area (Å²) in [4.78, 5) is 28.2. The molecular formula is C30H39FN2O3. The maximum absolute atomic E-state index is 13.3. The van der Waals surface area contributed by atoms with E-state index in [1.54, 1.807) is 12.1 Å². The number of piperazine rings is 1. The molecule has 2 atom stereocenters. The summed E-state index contributed by atoms with van der Waals surface area (Å²) in [5.41, 5.74) is 4.34. The molecule has 0 aromatic heterocycles. The third-order valence-electron chi connectivity index (χ3n) is 7.03. The topological polar surface area (TPSA) is 49.9 Å². The third-order valence-corrected chi connectivity index (χ3v) is 7.03. The second kappa shape index (κ2) is 13.4. The second-order valence-corrected chi connectivity index (χ2v) is 9.81. The third kappa shape index (κ3) is 6.83. The molecule has 1 aliphatic heterocycles.